The van der Waals surface area contributed by atoms with E-state index in [0.29, 0.717) is 48.1 Å². The Balaban J connectivity index is 1.56. The lowest BCUT2D eigenvalue weighted by Crippen LogP contribution is -2.12. The second-order valence-corrected chi connectivity index (χ2v) is 5.40. The molecular weight excluding hydrogens is 322 g/mol. The highest BCUT2D eigenvalue weighted by Crippen LogP contribution is 2.17. The van der Waals surface area contributed by atoms with E-state index >= 15 is 0 Å². The molecule has 0 unspecified atom stereocenters. The minimum atomic E-state index is -0.0624. The van der Waals surface area contributed by atoms with Crippen LogP contribution in [0.4, 0.5) is 5.69 Å². The van der Waals surface area contributed by atoms with Crippen LogP contribution in [0.25, 0.3) is 5.65 Å². The summed E-state index contributed by atoms with van der Waals surface area (Å²) in [4.78, 5) is 12.1. The number of hydrogen-bond acceptors (Lipinski definition) is 6. The van der Waals surface area contributed by atoms with Crippen molar-refractivity contribution in [3.63, 3.8) is 0 Å². The average Bonchev–Trinajstić information content (AvgIpc) is 3.04. The Kier molecular flexibility index (Phi) is 5.08. The summed E-state index contributed by atoms with van der Waals surface area (Å²) in [6, 6.07) is 10.8. The second-order valence-electron chi connectivity index (χ2n) is 5.40. The molecule has 1 aromatic carbocycles. The molecule has 2 aromatic heterocycles. The van der Waals surface area contributed by atoms with E-state index in [0.717, 1.165) is 0 Å². The molecule has 0 aliphatic carbocycles. The summed E-state index contributed by atoms with van der Waals surface area (Å²) in [5, 5.41) is 15.3. The monoisotopic (exact) mass is 341 g/mol. The van der Waals surface area contributed by atoms with E-state index in [9.17, 15) is 4.79 Å². The number of aryl methyl sites for hydroxylation is 1. The van der Waals surface area contributed by atoms with Crippen molar-refractivity contribution in [2.45, 2.75) is 19.3 Å². The Bertz CT molecular complexity index is 878. The van der Waals surface area contributed by atoms with Crippen LogP contribution >= 0.6 is 0 Å². The van der Waals surface area contributed by atoms with Gasteiger partial charge in [-0.05, 0) is 24.6 Å². The molecule has 0 aliphatic heterocycles. The van der Waals surface area contributed by atoms with Gasteiger partial charge in [0.15, 0.2) is 11.5 Å². The zero-order valence-electron chi connectivity index (χ0n) is 14.1. The SMILES string of the molecule is COc1cccc(NC(=O)CCCc2nnc3ccc(OC)nn23)c1. The van der Waals surface area contributed by atoms with Gasteiger partial charge in [0.1, 0.15) is 5.75 Å². The van der Waals surface area contributed by atoms with Gasteiger partial charge >= 0.3 is 0 Å². The van der Waals surface area contributed by atoms with Crippen LogP contribution in [0.15, 0.2) is 36.4 Å². The van der Waals surface area contributed by atoms with Crippen LogP contribution in [0.2, 0.25) is 0 Å². The molecule has 0 radical (unpaired) electrons. The van der Waals surface area contributed by atoms with E-state index in [1.807, 2.05) is 18.2 Å². The first kappa shape index (κ1) is 16.7. The number of anilines is 1. The molecule has 0 aliphatic rings. The fraction of sp³-hybridized carbons (Fsp3) is 0.294. The van der Waals surface area contributed by atoms with Crippen molar-refractivity contribution >= 4 is 17.2 Å². The molecule has 1 amide bonds. The summed E-state index contributed by atoms with van der Waals surface area (Å²) in [5.74, 6) is 1.83. The lowest BCUT2D eigenvalue weighted by molar-refractivity contribution is -0.116. The first-order chi connectivity index (χ1) is 12.2. The van der Waals surface area contributed by atoms with Gasteiger partial charge in [-0.1, -0.05) is 6.07 Å². The highest BCUT2D eigenvalue weighted by Gasteiger charge is 2.09. The molecule has 0 atom stereocenters. The maximum absolute atomic E-state index is 12.1. The van der Waals surface area contributed by atoms with Crippen molar-refractivity contribution in [1.29, 1.82) is 0 Å². The maximum Gasteiger partial charge on any atom is 0.231 e. The van der Waals surface area contributed by atoms with Crippen molar-refractivity contribution in [3.05, 3.63) is 42.2 Å². The van der Waals surface area contributed by atoms with E-state index in [1.165, 1.54) is 0 Å². The maximum atomic E-state index is 12.1. The number of ether oxygens (including phenoxy) is 2. The Morgan fingerprint density at radius 3 is 2.84 bits per heavy atom. The zero-order valence-corrected chi connectivity index (χ0v) is 14.1. The smallest absolute Gasteiger partial charge is 0.231 e. The molecule has 0 spiro atoms. The number of aromatic nitrogens is 4. The molecule has 0 bridgehead atoms. The molecule has 3 aromatic rings. The Morgan fingerprint density at radius 2 is 2.04 bits per heavy atom. The number of nitrogens with one attached hydrogen (secondary N) is 1. The Hall–Kier alpha value is -3.16. The Labute approximate surface area is 144 Å². The van der Waals surface area contributed by atoms with Crippen LogP contribution in [0.1, 0.15) is 18.7 Å². The largest absolute Gasteiger partial charge is 0.497 e. The number of carbonyl (C=O) groups is 1. The van der Waals surface area contributed by atoms with Gasteiger partial charge in [0.25, 0.3) is 0 Å². The second kappa shape index (κ2) is 7.61. The van der Waals surface area contributed by atoms with Crippen molar-refractivity contribution < 1.29 is 14.3 Å². The van der Waals surface area contributed by atoms with Gasteiger partial charge < -0.3 is 14.8 Å². The summed E-state index contributed by atoms with van der Waals surface area (Å²) in [6.07, 6.45) is 1.60. The molecule has 0 saturated carbocycles. The third-order valence-corrected chi connectivity index (χ3v) is 3.67. The fourth-order valence-corrected chi connectivity index (χ4v) is 2.41. The number of rotatable bonds is 7. The number of nitrogens with zero attached hydrogens (tertiary/aromatic N) is 4. The molecule has 0 fully saturated rings. The summed E-state index contributed by atoms with van der Waals surface area (Å²) < 4.78 is 11.9. The summed E-state index contributed by atoms with van der Waals surface area (Å²) in [6.45, 7) is 0. The lowest BCUT2D eigenvalue weighted by Gasteiger charge is -2.06. The molecule has 8 nitrogen and oxygen atoms in total. The van der Waals surface area contributed by atoms with Crippen LogP contribution in [0.5, 0.6) is 11.6 Å². The summed E-state index contributed by atoms with van der Waals surface area (Å²) >= 11 is 0. The van der Waals surface area contributed by atoms with Gasteiger partial charge in [0.2, 0.25) is 11.8 Å². The first-order valence-electron chi connectivity index (χ1n) is 7.89. The molecule has 0 saturated heterocycles. The molecular formula is C17H19N5O3. The third-order valence-electron chi connectivity index (χ3n) is 3.67. The van der Waals surface area contributed by atoms with Gasteiger partial charge in [-0.2, -0.15) is 4.52 Å². The minimum absolute atomic E-state index is 0.0624. The fourth-order valence-electron chi connectivity index (χ4n) is 2.41. The highest BCUT2D eigenvalue weighted by atomic mass is 16.5. The number of carbonyl (C=O) groups excluding carboxylic acids is 1. The normalized spacial score (nSPS) is 10.6. The average molecular weight is 341 g/mol. The molecule has 25 heavy (non-hydrogen) atoms. The number of amides is 1. The van der Waals surface area contributed by atoms with Gasteiger partial charge in [-0.25, -0.2) is 0 Å². The van der Waals surface area contributed by atoms with Crippen LogP contribution in [0, 0.1) is 0 Å². The number of methoxy groups -OCH3 is 2. The van der Waals surface area contributed by atoms with E-state index < -0.39 is 0 Å². The van der Waals surface area contributed by atoms with Crippen molar-refractivity contribution in [2.24, 2.45) is 0 Å². The van der Waals surface area contributed by atoms with Crippen molar-refractivity contribution in [1.82, 2.24) is 19.8 Å². The number of benzene rings is 1. The summed E-state index contributed by atoms with van der Waals surface area (Å²) in [5.41, 5.74) is 1.36. The summed E-state index contributed by atoms with van der Waals surface area (Å²) in [7, 11) is 3.15. The lowest BCUT2D eigenvalue weighted by atomic mass is 10.2. The minimum Gasteiger partial charge on any atom is -0.497 e. The molecule has 8 heteroatoms. The van der Waals surface area contributed by atoms with Crippen LogP contribution in [0.3, 0.4) is 0 Å². The first-order valence-corrected chi connectivity index (χ1v) is 7.89. The van der Waals surface area contributed by atoms with Gasteiger partial charge in [0.05, 0.1) is 14.2 Å². The zero-order chi connectivity index (χ0) is 17.6. The predicted octanol–water partition coefficient (Wildman–Crippen LogP) is 2.10. The third kappa shape index (κ3) is 4.03. The predicted molar refractivity (Wildman–Crippen MR) is 91.9 cm³/mol. The van der Waals surface area contributed by atoms with Crippen molar-refractivity contribution in [3.8, 4) is 11.6 Å². The Morgan fingerprint density at radius 1 is 1.16 bits per heavy atom. The standard InChI is InChI=1S/C17H19N5O3/c1-24-13-6-3-5-12(11-13)18-16(23)8-4-7-14-19-20-15-9-10-17(25-2)21-22(14)15/h3,5-6,9-11H,4,7-8H2,1-2H3,(H,18,23). The van der Waals surface area contributed by atoms with E-state index in [1.54, 1.807) is 36.9 Å². The van der Waals surface area contributed by atoms with E-state index in [4.69, 9.17) is 9.47 Å². The van der Waals surface area contributed by atoms with Gasteiger partial charge in [-0.3, -0.25) is 4.79 Å². The quantitative estimate of drug-likeness (QED) is 0.708. The molecule has 130 valence electrons. The van der Waals surface area contributed by atoms with Gasteiger partial charge in [-0.15, -0.1) is 15.3 Å². The van der Waals surface area contributed by atoms with Crippen LogP contribution in [-0.4, -0.2) is 39.9 Å². The van der Waals surface area contributed by atoms with Crippen LogP contribution < -0.4 is 14.8 Å². The van der Waals surface area contributed by atoms with E-state index in [2.05, 4.69) is 20.6 Å². The highest BCUT2D eigenvalue weighted by molar-refractivity contribution is 5.90. The van der Waals surface area contributed by atoms with E-state index in [-0.39, 0.29) is 5.91 Å². The number of hydrogen-bond donors (Lipinski definition) is 1. The molecule has 3 rings (SSSR count). The van der Waals surface area contributed by atoms with Crippen LogP contribution in [-0.2, 0) is 11.2 Å². The topological polar surface area (TPSA) is 90.6 Å². The molecule has 1 N–H and O–H groups in total. The number of fused-ring (bicyclic) bond motifs is 1. The molecule has 2 heterocycles. The van der Waals surface area contributed by atoms with Crippen molar-refractivity contribution in [2.75, 3.05) is 19.5 Å². The van der Waals surface area contributed by atoms with Gasteiger partial charge in [0, 0.05) is 30.7 Å².